The van der Waals surface area contributed by atoms with Gasteiger partial charge in [0.15, 0.2) is 0 Å². The summed E-state index contributed by atoms with van der Waals surface area (Å²) in [7, 11) is 0. The van der Waals surface area contributed by atoms with Gasteiger partial charge in [0.25, 0.3) is 0 Å². The van der Waals surface area contributed by atoms with Crippen LogP contribution in [0, 0.1) is 0 Å². The number of carbonyl (C=O) groups excluding carboxylic acids is 2. The highest BCUT2D eigenvalue weighted by molar-refractivity contribution is 6.30. The molecule has 0 aliphatic heterocycles. The van der Waals surface area contributed by atoms with Crippen molar-refractivity contribution in [1.82, 2.24) is 0 Å². The first-order valence-corrected chi connectivity index (χ1v) is 6.67. The topological polar surface area (TPSA) is 52.6 Å². The van der Waals surface area contributed by atoms with Crippen LogP contribution in [0.25, 0.3) is 0 Å². The van der Waals surface area contributed by atoms with E-state index in [0.717, 1.165) is 0 Å². The molecule has 0 saturated carbocycles. The molecular formula is C15H10Cl2O4. The Labute approximate surface area is 131 Å². The molecule has 21 heavy (non-hydrogen) atoms. The third-order valence-corrected chi connectivity index (χ3v) is 3.04. The summed E-state index contributed by atoms with van der Waals surface area (Å²) in [5.41, 5.74) is 0.642. The average Bonchev–Trinajstić information content (AvgIpc) is 2.48. The molecule has 2 aromatic carbocycles. The lowest BCUT2D eigenvalue weighted by molar-refractivity contribution is -0.0167. The minimum atomic E-state index is -0.601. The first-order chi connectivity index (χ1) is 10.1. The fraction of sp³-hybridized carbons (Fsp3) is 0.0667. The number of rotatable bonds is 4. The Hall–Kier alpha value is -2.04. The smallest absolute Gasteiger partial charge is 0.341 e. The summed E-state index contributed by atoms with van der Waals surface area (Å²) in [5, 5.41) is 1.03. The second kappa shape index (κ2) is 7.11. The molecule has 0 amide bonds. The van der Waals surface area contributed by atoms with Gasteiger partial charge in [-0.2, -0.15) is 0 Å². The van der Waals surface area contributed by atoms with Crippen molar-refractivity contribution >= 4 is 35.1 Å². The lowest BCUT2D eigenvalue weighted by Gasteiger charge is -2.06. The van der Waals surface area contributed by atoms with E-state index in [4.69, 9.17) is 32.7 Å². The van der Waals surface area contributed by atoms with Crippen LogP contribution in [-0.2, 0) is 9.47 Å². The number of halogens is 2. The van der Waals surface area contributed by atoms with Gasteiger partial charge in [0, 0.05) is 10.0 Å². The van der Waals surface area contributed by atoms with Crippen LogP contribution in [-0.4, -0.2) is 18.7 Å². The molecule has 108 valence electrons. The van der Waals surface area contributed by atoms with Gasteiger partial charge >= 0.3 is 11.9 Å². The van der Waals surface area contributed by atoms with Gasteiger partial charge in [-0.25, -0.2) is 9.59 Å². The third-order valence-electron chi connectivity index (χ3n) is 2.54. The van der Waals surface area contributed by atoms with Gasteiger partial charge in [-0.1, -0.05) is 23.2 Å². The van der Waals surface area contributed by atoms with Crippen molar-refractivity contribution in [1.29, 1.82) is 0 Å². The Morgan fingerprint density at radius 1 is 0.714 bits per heavy atom. The zero-order chi connectivity index (χ0) is 15.2. The molecule has 4 nitrogen and oxygen atoms in total. The maximum absolute atomic E-state index is 11.6. The molecule has 0 saturated heterocycles. The Morgan fingerprint density at radius 2 is 1.05 bits per heavy atom. The molecule has 0 heterocycles. The maximum Gasteiger partial charge on any atom is 0.341 e. The van der Waals surface area contributed by atoms with E-state index < -0.39 is 18.7 Å². The van der Waals surface area contributed by atoms with Crippen LogP contribution in [0.15, 0.2) is 48.5 Å². The van der Waals surface area contributed by atoms with Gasteiger partial charge in [-0.15, -0.1) is 0 Å². The summed E-state index contributed by atoms with van der Waals surface area (Å²) in [5.74, 6) is -1.20. The molecule has 6 heteroatoms. The molecule has 0 radical (unpaired) electrons. The van der Waals surface area contributed by atoms with Crippen LogP contribution in [0.3, 0.4) is 0 Å². The molecule has 0 bridgehead atoms. The minimum Gasteiger partial charge on any atom is -0.424 e. The van der Waals surface area contributed by atoms with Crippen LogP contribution >= 0.6 is 23.2 Å². The van der Waals surface area contributed by atoms with Gasteiger partial charge < -0.3 is 9.47 Å². The largest absolute Gasteiger partial charge is 0.424 e. The zero-order valence-electron chi connectivity index (χ0n) is 10.7. The van der Waals surface area contributed by atoms with E-state index in [1.165, 1.54) is 24.3 Å². The summed E-state index contributed by atoms with van der Waals surface area (Å²) < 4.78 is 9.67. The highest BCUT2D eigenvalue weighted by Crippen LogP contribution is 2.12. The first-order valence-electron chi connectivity index (χ1n) is 5.91. The predicted octanol–water partition coefficient (Wildman–Crippen LogP) is 3.96. The second-order valence-corrected chi connectivity index (χ2v) is 4.87. The normalized spacial score (nSPS) is 10.0. The van der Waals surface area contributed by atoms with E-state index in [2.05, 4.69) is 0 Å². The quantitative estimate of drug-likeness (QED) is 0.630. The molecular weight excluding hydrogens is 315 g/mol. The molecule has 0 aliphatic carbocycles. The van der Waals surface area contributed by atoms with Gasteiger partial charge in [-0.3, -0.25) is 0 Å². The van der Waals surface area contributed by atoms with Crippen molar-refractivity contribution < 1.29 is 19.1 Å². The highest BCUT2D eigenvalue weighted by atomic mass is 35.5. The van der Waals surface area contributed by atoms with Gasteiger partial charge in [-0.05, 0) is 48.5 Å². The standard InChI is InChI=1S/C15H10Cl2O4/c16-12-5-1-10(2-6-12)14(18)20-9-21-15(19)11-3-7-13(17)8-4-11/h1-8H,9H2. The van der Waals surface area contributed by atoms with E-state index in [1.807, 2.05) is 0 Å². The monoisotopic (exact) mass is 324 g/mol. The Balaban J connectivity index is 1.83. The number of benzene rings is 2. The number of hydrogen-bond donors (Lipinski definition) is 0. The van der Waals surface area contributed by atoms with Crippen LogP contribution in [0.4, 0.5) is 0 Å². The fourth-order valence-corrected chi connectivity index (χ4v) is 1.73. The number of hydrogen-bond acceptors (Lipinski definition) is 4. The van der Waals surface area contributed by atoms with Crippen molar-refractivity contribution in [3.05, 3.63) is 69.7 Å². The van der Waals surface area contributed by atoms with Crippen molar-refractivity contribution in [2.75, 3.05) is 6.79 Å². The number of esters is 2. The zero-order valence-corrected chi connectivity index (χ0v) is 12.2. The third kappa shape index (κ3) is 4.48. The molecule has 0 fully saturated rings. The van der Waals surface area contributed by atoms with E-state index in [1.54, 1.807) is 24.3 Å². The molecule has 0 spiro atoms. The van der Waals surface area contributed by atoms with E-state index in [9.17, 15) is 9.59 Å². The SMILES string of the molecule is O=C(OCOC(=O)c1ccc(Cl)cc1)c1ccc(Cl)cc1. The van der Waals surface area contributed by atoms with Gasteiger partial charge in [0.2, 0.25) is 6.79 Å². The molecule has 0 aromatic heterocycles. The average molecular weight is 325 g/mol. The van der Waals surface area contributed by atoms with E-state index in [0.29, 0.717) is 21.2 Å². The number of ether oxygens (including phenoxy) is 2. The molecule has 2 aromatic rings. The Bertz CT molecular complexity index is 578. The summed E-state index contributed by atoms with van der Waals surface area (Å²) in [6.07, 6.45) is 0. The number of carbonyl (C=O) groups is 2. The molecule has 0 unspecified atom stereocenters. The minimum absolute atomic E-state index is 0.321. The fourth-order valence-electron chi connectivity index (χ4n) is 1.48. The lowest BCUT2D eigenvalue weighted by Crippen LogP contribution is -2.13. The molecule has 2 rings (SSSR count). The summed E-state index contributed by atoms with van der Waals surface area (Å²) in [6.45, 7) is -0.469. The van der Waals surface area contributed by atoms with Crippen LogP contribution in [0.1, 0.15) is 20.7 Å². The molecule has 0 atom stereocenters. The molecule has 0 aliphatic rings. The Kier molecular flexibility index (Phi) is 5.20. The summed E-state index contributed by atoms with van der Waals surface area (Å²) >= 11 is 11.4. The van der Waals surface area contributed by atoms with Crippen LogP contribution in [0.5, 0.6) is 0 Å². The second-order valence-electron chi connectivity index (χ2n) is 4.00. The first kappa shape index (κ1) is 15.4. The predicted molar refractivity (Wildman–Crippen MR) is 78.6 cm³/mol. The van der Waals surface area contributed by atoms with Crippen molar-refractivity contribution in [3.8, 4) is 0 Å². The van der Waals surface area contributed by atoms with Crippen molar-refractivity contribution in [2.24, 2.45) is 0 Å². The van der Waals surface area contributed by atoms with Gasteiger partial charge in [0.1, 0.15) is 0 Å². The Morgan fingerprint density at radius 3 is 1.38 bits per heavy atom. The summed E-state index contributed by atoms with van der Waals surface area (Å²) in [6, 6.07) is 12.3. The van der Waals surface area contributed by atoms with E-state index in [-0.39, 0.29) is 0 Å². The van der Waals surface area contributed by atoms with Crippen molar-refractivity contribution in [3.63, 3.8) is 0 Å². The van der Waals surface area contributed by atoms with Crippen molar-refractivity contribution in [2.45, 2.75) is 0 Å². The van der Waals surface area contributed by atoms with E-state index >= 15 is 0 Å². The summed E-state index contributed by atoms with van der Waals surface area (Å²) in [4.78, 5) is 23.3. The highest BCUT2D eigenvalue weighted by Gasteiger charge is 2.10. The van der Waals surface area contributed by atoms with Crippen LogP contribution in [0.2, 0.25) is 10.0 Å². The maximum atomic E-state index is 11.6. The lowest BCUT2D eigenvalue weighted by atomic mass is 10.2. The van der Waals surface area contributed by atoms with Gasteiger partial charge in [0.05, 0.1) is 11.1 Å². The molecule has 0 N–H and O–H groups in total. The van der Waals surface area contributed by atoms with Crippen LogP contribution < -0.4 is 0 Å².